The number of aromatic nitrogens is 4. The molecule has 1 aliphatic carbocycles. The molecule has 4 heterocycles. The van der Waals surface area contributed by atoms with Crippen molar-refractivity contribution in [1.82, 2.24) is 19.1 Å². The van der Waals surface area contributed by atoms with Crippen LogP contribution in [0.4, 0.5) is 0 Å². The quantitative estimate of drug-likeness (QED) is 0.188. The van der Waals surface area contributed by atoms with E-state index in [0.29, 0.717) is 11.5 Å². The van der Waals surface area contributed by atoms with Gasteiger partial charge in [0.15, 0.2) is 5.58 Å². The van der Waals surface area contributed by atoms with Crippen LogP contribution >= 0.6 is 0 Å². The number of rotatable bonds is 4. The maximum Gasteiger partial charge on any atom is 0.180 e. The van der Waals surface area contributed by atoms with E-state index in [0.717, 1.165) is 39.9 Å². The van der Waals surface area contributed by atoms with E-state index in [1.54, 1.807) is 6.33 Å². The normalized spacial score (nSPS) is 14.5. The third-order valence-electron chi connectivity index (χ3n) is 10.9. The third kappa shape index (κ3) is 4.17. The Labute approximate surface area is 299 Å². The van der Waals surface area contributed by atoms with E-state index in [9.17, 15) is 0 Å². The highest BCUT2D eigenvalue weighted by Gasteiger charge is 2.29. The molecule has 0 aliphatic heterocycles. The van der Waals surface area contributed by atoms with Gasteiger partial charge in [0.05, 0.1) is 16.6 Å². The summed E-state index contributed by atoms with van der Waals surface area (Å²) in [7, 11) is 0. The second-order valence-electron chi connectivity index (χ2n) is 13.8. The Balaban J connectivity index is 1.10. The summed E-state index contributed by atoms with van der Waals surface area (Å²) in [6, 6.07) is 52.0. The number of allylic oxidation sites excluding steroid dienone is 1. The minimum atomic E-state index is 0.319. The van der Waals surface area contributed by atoms with Crippen LogP contribution in [0.5, 0.6) is 0 Å². The van der Waals surface area contributed by atoms with Gasteiger partial charge in [-0.05, 0) is 78.2 Å². The van der Waals surface area contributed by atoms with E-state index in [2.05, 4.69) is 155 Å². The second kappa shape index (κ2) is 11.1. The fraction of sp³-hybridized carbons (Fsp3) is 0.0638. The van der Waals surface area contributed by atoms with Crippen LogP contribution in [0.3, 0.4) is 0 Å². The molecule has 0 amide bonds. The van der Waals surface area contributed by atoms with E-state index in [-0.39, 0.29) is 0 Å². The van der Waals surface area contributed by atoms with Gasteiger partial charge in [-0.3, -0.25) is 0 Å². The summed E-state index contributed by atoms with van der Waals surface area (Å²) < 4.78 is 11.2. The summed E-state index contributed by atoms with van der Waals surface area (Å²) in [5.41, 5.74) is 15.2. The predicted molar refractivity (Wildman–Crippen MR) is 212 cm³/mol. The van der Waals surface area contributed by atoms with Crippen molar-refractivity contribution in [3.8, 4) is 22.6 Å². The zero-order valence-electron chi connectivity index (χ0n) is 28.5. The lowest BCUT2D eigenvalue weighted by Crippen LogP contribution is -2.10. The summed E-state index contributed by atoms with van der Waals surface area (Å²) in [6.45, 7) is 2.35. The van der Waals surface area contributed by atoms with Crippen molar-refractivity contribution in [2.24, 2.45) is 0 Å². The topological polar surface area (TPSA) is 48.8 Å². The Morgan fingerprint density at radius 1 is 0.577 bits per heavy atom. The highest BCUT2D eigenvalue weighted by Crippen LogP contribution is 2.46. The van der Waals surface area contributed by atoms with Crippen molar-refractivity contribution < 1.29 is 4.42 Å². The summed E-state index contributed by atoms with van der Waals surface area (Å²) in [5, 5.41) is 4.78. The molecule has 0 fully saturated rings. The fourth-order valence-electron chi connectivity index (χ4n) is 8.58. The molecule has 6 aromatic carbocycles. The lowest BCUT2D eigenvalue weighted by Gasteiger charge is -2.24. The van der Waals surface area contributed by atoms with Gasteiger partial charge in [0.2, 0.25) is 0 Å². The molecular weight excluding hydrogens is 637 g/mol. The smallest absolute Gasteiger partial charge is 0.180 e. The first-order valence-electron chi connectivity index (χ1n) is 17.9. The molecule has 1 atom stereocenters. The number of nitrogens with zero attached hydrogens (tertiary/aromatic N) is 4. The first kappa shape index (κ1) is 29.1. The van der Waals surface area contributed by atoms with Crippen LogP contribution in [0.25, 0.3) is 83.0 Å². The molecule has 11 rings (SSSR count). The van der Waals surface area contributed by atoms with E-state index in [4.69, 9.17) is 9.40 Å². The van der Waals surface area contributed by atoms with Gasteiger partial charge < -0.3 is 13.6 Å². The predicted octanol–water partition coefficient (Wildman–Crippen LogP) is 12.0. The fourth-order valence-corrected chi connectivity index (χ4v) is 8.58. The monoisotopic (exact) mass is 668 g/mol. The van der Waals surface area contributed by atoms with Crippen molar-refractivity contribution in [1.29, 1.82) is 0 Å². The largest absolute Gasteiger partial charge is 0.452 e. The van der Waals surface area contributed by atoms with Crippen LogP contribution in [-0.4, -0.2) is 19.1 Å². The van der Waals surface area contributed by atoms with Crippen LogP contribution in [0.15, 0.2) is 162 Å². The molecule has 10 aromatic rings. The molecule has 4 aromatic heterocycles. The lowest BCUT2D eigenvalue weighted by molar-refractivity contribution is 0.667. The molecule has 1 aliphatic rings. The molecule has 0 bridgehead atoms. The van der Waals surface area contributed by atoms with Gasteiger partial charge in [0, 0.05) is 55.7 Å². The van der Waals surface area contributed by atoms with Crippen molar-refractivity contribution in [2.45, 2.75) is 19.3 Å². The Kier molecular flexibility index (Phi) is 6.23. The molecule has 5 nitrogen and oxygen atoms in total. The van der Waals surface area contributed by atoms with E-state index >= 15 is 0 Å². The maximum atomic E-state index is 6.35. The van der Waals surface area contributed by atoms with Crippen LogP contribution in [-0.2, 0) is 0 Å². The number of furan rings is 1. The van der Waals surface area contributed by atoms with Crippen molar-refractivity contribution in [2.75, 3.05) is 0 Å². The zero-order valence-corrected chi connectivity index (χ0v) is 28.5. The van der Waals surface area contributed by atoms with Crippen molar-refractivity contribution in [3.05, 3.63) is 175 Å². The molecule has 0 spiro atoms. The Bertz CT molecular complexity index is 3070. The van der Waals surface area contributed by atoms with Gasteiger partial charge in [-0.25, -0.2) is 9.97 Å². The summed E-state index contributed by atoms with van der Waals surface area (Å²) in [5.74, 6) is 0.319. The Morgan fingerprint density at radius 2 is 1.29 bits per heavy atom. The van der Waals surface area contributed by atoms with Gasteiger partial charge >= 0.3 is 0 Å². The first-order valence-corrected chi connectivity index (χ1v) is 17.9. The highest BCUT2D eigenvalue weighted by molar-refractivity contribution is 6.11. The van der Waals surface area contributed by atoms with Crippen molar-refractivity contribution in [3.63, 3.8) is 0 Å². The van der Waals surface area contributed by atoms with Crippen LogP contribution < -0.4 is 0 Å². The summed E-state index contributed by atoms with van der Waals surface area (Å²) in [6.07, 6.45) is 5.05. The van der Waals surface area contributed by atoms with E-state index < -0.39 is 0 Å². The van der Waals surface area contributed by atoms with Gasteiger partial charge in [0.25, 0.3) is 0 Å². The number of hydrogen-bond donors (Lipinski definition) is 0. The van der Waals surface area contributed by atoms with Crippen LogP contribution in [0, 0.1) is 0 Å². The summed E-state index contributed by atoms with van der Waals surface area (Å²) >= 11 is 0. The molecule has 52 heavy (non-hydrogen) atoms. The minimum absolute atomic E-state index is 0.319. The van der Waals surface area contributed by atoms with Gasteiger partial charge in [-0.1, -0.05) is 97.9 Å². The minimum Gasteiger partial charge on any atom is -0.452 e. The number of fused-ring (bicyclic) bond motifs is 9. The lowest BCUT2D eigenvalue weighted by atomic mass is 9.84. The number of para-hydroxylation sites is 4. The zero-order chi connectivity index (χ0) is 34.3. The highest BCUT2D eigenvalue weighted by atomic mass is 16.3. The second-order valence-corrected chi connectivity index (χ2v) is 13.8. The number of hydrogen-bond acceptors (Lipinski definition) is 3. The average molecular weight is 669 g/mol. The maximum absolute atomic E-state index is 6.35. The molecular formula is C47H32N4O. The molecule has 0 saturated carbocycles. The van der Waals surface area contributed by atoms with Crippen LogP contribution in [0.1, 0.15) is 36.1 Å². The number of benzene rings is 6. The Hall–Kier alpha value is -6.72. The standard InChI is InChI=1S/C47H32N4O/c1-29-22-24-34(30-23-25-41-38(27-30)35-16-5-8-19-39(35)50(41)32-13-3-2-4-14-32)43-36-17-6-9-20-40(36)51(46(29)43)33-15-11-12-31(26-33)44-47-45(49-28-48-44)37-18-7-10-21-42(37)52-47/h2-21,23-29H,22H2,1H3. The molecule has 246 valence electrons. The van der Waals surface area contributed by atoms with Gasteiger partial charge in [-0.15, -0.1) is 0 Å². The van der Waals surface area contributed by atoms with Gasteiger partial charge in [0.1, 0.15) is 23.1 Å². The molecule has 5 heteroatoms. The molecule has 0 N–H and O–H groups in total. The van der Waals surface area contributed by atoms with E-state index in [1.807, 2.05) is 18.2 Å². The SMILES string of the molecule is CC1CC=C(c2ccc3c(c2)c2ccccc2n3-c2ccccc2)c2c1n(-c1cccc(-c3ncnc4c3oc3ccccc34)c1)c1ccccc21. The molecule has 1 unspecified atom stereocenters. The third-order valence-corrected chi connectivity index (χ3v) is 10.9. The Morgan fingerprint density at radius 3 is 2.15 bits per heavy atom. The van der Waals surface area contributed by atoms with Crippen LogP contribution in [0.2, 0.25) is 0 Å². The summed E-state index contributed by atoms with van der Waals surface area (Å²) in [4.78, 5) is 9.36. The molecule has 0 saturated heterocycles. The van der Waals surface area contributed by atoms with E-state index in [1.165, 1.54) is 60.8 Å². The van der Waals surface area contributed by atoms with Crippen molar-refractivity contribution >= 4 is 60.4 Å². The first-order chi connectivity index (χ1) is 25.7. The molecule has 0 radical (unpaired) electrons. The average Bonchev–Trinajstić information content (AvgIpc) is 3.87. The van der Waals surface area contributed by atoms with Gasteiger partial charge in [-0.2, -0.15) is 0 Å².